The van der Waals surface area contributed by atoms with Crippen LogP contribution < -0.4 is 0 Å². The zero-order valence-electron chi connectivity index (χ0n) is 18.5. The van der Waals surface area contributed by atoms with Crippen LogP contribution in [0.5, 0.6) is 0 Å². The van der Waals surface area contributed by atoms with Crippen LogP contribution in [0.25, 0.3) is 53.2 Å². The predicted molar refractivity (Wildman–Crippen MR) is 139 cm³/mol. The van der Waals surface area contributed by atoms with Crippen LogP contribution in [0.3, 0.4) is 0 Å². The van der Waals surface area contributed by atoms with Crippen molar-refractivity contribution in [1.29, 1.82) is 0 Å². The minimum atomic E-state index is 0.568. The van der Waals surface area contributed by atoms with Gasteiger partial charge in [-0.15, -0.1) is 11.3 Å². The lowest BCUT2D eigenvalue weighted by atomic mass is 9.93. The Labute approximate surface area is 191 Å². The Morgan fingerprint density at radius 3 is 2.59 bits per heavy atom. The highest BCUT2D eigenvalue weighted by atomic mass is 32.1. The number of rotatable bonds is 3. The van der Waals surface area contributed by atoms with Crippen LogP contribution in [0.4, 0.5) is 0 Å². The Morgan fingerprint density at radius 1 is 0.875 bits per heavy atom. The molecule has 3 heteroatoms. The lowest BCUT2D eigenvalue weighted by Crippen LogP contribution is -1.99. The Balaban J connectivity index is 1.70. The second-order valence-electron chi connectivity index (χ2n) is 9.09. The first kappa shape index (κ1) is 19.4. The fourth-order valence-corrected chi connectivity index (χ4v) is 6.02. The minimum absolute atomic E-state index is 0.568. The molecule has 0 aliphatic carbocycles. The van der Waals surface area contributed by atoms with Gasteiger partial charge in [-0.2, -0.15) is 0 Å². The molecule has 0 aliphatic rings. The molecule has 0 unspecified atom stereocenters. The standard InChI is InChI=1S/C29H24N2S/c1-17(2)13-20-16-26(31-25-11-10-19-7-4-5-8-21(19)27(20)25)24-15-18(3)14-23-22-9-6-12-30-29(22)32-28(23)24/h4-12,14-17H,13H2,1-3H3. The minimum Gasteiger partial charge on any atom is -0.248 e. The lowest BCUT2D eigenvalue weighted by molar-refractivity contribution is 0.650. The second-order valence-corrected chi connectivity index (χ2v) is 10.1. The highest BCUT2D eigenvalue weighted by Crippen LogP contribution is 2.41. The summed E-state index contributed by atoms with van der Waals surface area (Å²) in [7, 11) is 0. The topological polar surface area (TPSA) is 25.8 Å². The molecule has 6 aromatic rings. The number of fused-ring (bicyclic) bond motifs is 6. The van der Waals surface area contributed by atoms with Crippen molar-refractivity contribution < 1.29 is 0 Å². The molecule has 6 rings (SSSR count). The summed E-state index contributed by atoms with van der Waals surface area (Å²) >= 11 is 1.77. The molecule has 3 heterocycles. The zero-order valence-corrected chi connectivity index (χ0v) is 19.3. The van der Waals surface area contributed by atoms with Gasteiger partial charge in [0.15, 0.2) is 0 Å². The molecule has 0 atom stereocenters. The lowest BCUT2D eigenvalue weighted by Gasteiger charge is -2.15. The molecule has 3 aromatic carbocycles. The number of nitrogens with zero attached hydrogens (tertiary/aromatic N) is 2. The molecule has 0 bridgehead atoms. The molecule has 32 heavy (non-hydrogen) atoms. The highest BCUT2D eigenvalue weighted by molar-refractivity contribution is 7.26. The maximum absolute atomic E-state index is 5.21. The Hall–Kier alpha value is -3.30. The van der Waals surface area contributed by atoms with Gasteiger partial charge in [0.1, 0.15) is 4.83 Å². The predicted octanol–water partition coefficient (Wildman–Crippen LogP) is 8.32. The van der Waals surface area contributed by atoms with Crippen LogP contribution in [0.2, 0.25) is 0 Å². The fraction of sp³-hybridized carbons (Fsp3) is 0.172. The molecule has 0 spiro atoms. The van der Waals surface area contributed by atoms with E-state index in [1.807, 2.05) is 12.3 Å². The van der Waals surface area contributed by atoms with Gasteiger partial charge >= 0.3 is 0 Å². The van der Waals surface area contributed by atoms with Crippen LogP contribution in [-0.4, -0.2) is 9.97 Å². The van der Waals surface area contributed by atoms with Crippen LogP contribution in [0, 0.1) is 12.8 Å². The van der Waals surface area contributed by atoms with Crippen molar-refractivity contribution in [2.24, 2.45) is 5.92 Å². The van der Waals surface area contributed by atoms with Gasteiger partial charge in [0.05, 0.1) is 11.2 Å². The fourth-order valence-electron chi connectivity index (χ4n) is 4.88. The number of aryl methyl sites for hydroxylation is 1. The quantitative estimate of drug-likeness (QED) is 0.263. The van der Waals surface area contributed by atoms with E-state index in [0.29, 0.717) is 5.92 Å². The Kier molecular flexibility index (Phi) is 4.48. The van der Waals surface area contributed by atoms with Crippen LogP contribution in [0.15, 0.2) is 72.9 Å². The van der Waals surface area contributed by atoms with Gasteiger partial charge in [0, 0.05) is 32.6 Å². The third-order valence-corrected chi connectivity index (χ3v) is 7.34. The average Bonchev–Trinajstić information content (AvgIpc) is 3.16. The van der Waals surface area contributed by atoms with Crippen LogP contribution >= 0.6 is 11.3 Å². The Bertz CT molecular complexity index is 1640. The number of thiophene rings is 1. The van der Waals surface area contributed by atoms with Gasteiger partial charge in [0.25, 0.3) is 0 Å². The molecule has 0 saturated heterocycles. The Morgan fingerprint density at radius 2 is 1.72 bits per heavy atom. The van der Waals surface area contributed by atoms with E-state index in [4.69, 9.17) is 4.98 Å². The molecular weight excluding hydrogens is 408 g/mol. The second kappa shape index (κ2) is 7.39. The van der Waals surface area contributed by atoms with Crippen molar-refractivity contribution in [3.63, 3.8) is 0 Å². The van der Waals surface area contributed by atoms with Crippen molar-refractivity contribution in [3.8, 4) is 11.3 Å². The molecular formula is C29H24N2S. The van der Waals surface area contributed by atoms with Crippen LogP contribution in [-0.2, 0) is 6.42 Å². The number of hydrogen-bond acceptors (Lipinski definition) is 3. The van der Waals surface area contributed by atoms with Crippen molar-refractivity contribution in [3.05, 3.63) is 84.1 Å². The number of aromatic nitrogens is 2. The van der Waals surface area contributed by atoms with Gasteiger partial charge in [-0.1, -0.05) is 44.2 Å². The summed E-state index contributed by atoms with van der Waals surface area (Å²) in [6.07, 6.45) is 2.91. The summed E-state index contributed by atoms with van der Waals surface area (Å²) < 4.78 is 1.27. The van der Waals surface area contributed by atoms with Crippen LogP contribution in [0.1, 0.15) is 25.0 Å². The molecule has 0 amide bonds. The van der Waals surface area contributed by atoms with Gasteiger partial charge in [0.2, 0.25) is 0 Å². The van der Waals surface area contributed by atoms with E-state index in [1.165, 1.54) is 48.3 Å². The SMILES string of the molecule is Cc1cc(-c2cc(CC(C)C)c3c(ccc4ccccc43)n2)c2sc3ncccc3c2c1. The smallest absolute Gasteiger partial charge is 0.124 e. The van der Waals surface area contributed by atoms with Gasteiger partial charge in [-0.25, -0.2) is 9.97 Å². The van der Waals surface area contributed by atoms with E-state index in [9.17, 15) is 0 Å². The molecule has 0 aliphatic heterocycles. The third-order valence-electron chi connectivity index (χ3n) is 6.18. The van der Waals surface area contributed by atoms with Crippen molar-refractivity contribution in [1.82, 2.24) is 9.97 Å². The van der Waals surface area contributed by atoms with Crippen molar-refractivity contribution in [2.45, 2.75) is 27.2 Å². The van der Waals surface area contributed by atoms with Gasteiger partial charge in [-0.3, -0.25) is 0 Å². The largest absolute Gasteiger partial charge is 0.248 e. The molecule has 3 aromatic heterocycles. The summed E-state index contributed by atoms with van der Waals surface area (Å²) in [6, 6.07) is 24.1. The van der Waals surface area contributed by atoms with E-state index in [1.54, 1.807) is 11.3 Å². The monoisotopic (exact) mass is 432 g/mol. The maximum Gasteiger partial charge on any atom is 0.124 e. The summed E-state index contributed by atoms with van der Waals surface area (Å²) in [5, 5.41) is 6.36. The normalized spacial score (nSPS) is 12.0. The first-order valence-electron chi connectivity index (χ1n) is 11.2. The van der Waals surface area contributed by atoms with Gasteiger partial charge in [-0.05, 0) is 77.6 Å². The third kappa shape index (κ3) is 3.08. The molecule has 0 fully saturated rings. The number of hydrogen-bond donors (Lipinski definition) is 0. The van der Waals surface area contributed by atoms with E-state index in [0.717, 1.165) is 22.5 Å². The molecule has 0 N–H and O–H groups in total. The summed E-state index contributed by atoms with van der Waals surface area (Å²) in [6.45, 7) is 6.76. The number of pyridine rings is 2. The van der Waals surface area contributed by atoms with Crippen molar-refractivity contribution in [2.75, 3.05) is 0 Å². The van der Waals surface area contributed by atoms with E-state index in [-0.39, 0.29) is 0 Å². The van der Waals surface area contributed by atoms with E-state index in [2.05, 4.69) is 86.4 Å². The summed E-state index contributed by atoms with van der Waals surface area (Å²) in [5.74, 6) is 0.568. The highest BCUT2D eigenvalue weighted by Gasteiger charge is 2.16. The summed E-state index contributed by atoms with van der Waals surface area (Å²) in [4.78, 5) is 10.9. The maximum atomic E-state index is 5.21. The summed E-state index contributed by atoms with van der Waals surface area (Å²) in [5.41, 5.74) is 5.98. The molecule has 2 nitrogen and oxygen atoms in total. The van der Waals surface area contributed by atoms with Gasteiger partial charge < -0.3 is 0 Å². The first-order chi connectivity index (χ1) is 15.6. The number of benzene rings is 3. The van der Waals surface area contributed by atoms with Crippen molar-refractivity contribution >= 4 is 53.3 Å². The van der Waals surface area contributed by atoms with E-state index >= 15 is 0 Å². The zero-order chi connectivity index (χ0) is 21.8. The molecule has 156 valence electrons. The average molecular weight is 433 g/mol. The van der Waals surface area contributed by atoms with E-state index < -0.39 is 0 Å². The first-order valence-corrected chi connectivity index (χ1v) is 12.0. The molecule has 0 saturated carbocycles. The molecule has 0 radical (unpaired) electrons.